The molecule has 0 aliphatic carbocycles. The first-order chi connectivity index (χ1) is 8.99. The third-order valence-electron chi connectivity index (χ3n) is 3.13. The van der Waals surface area contributed by atoms with Crippen LogP contribution in [-0.2, 0) is 4.79 Å². The van der Waals surface area contributed by atoms with E-state index < -0.39 is 0 Å². The zero-order valence-electron chi connectivity index (χ0n) is 11.2. The molecule has 0 unspecified atom stereocenters. The van der Waals surface area contributed by atoms with Crippen molar-refractivity contribution in [1.82, 2.24) is 10.3 Å². The molecule has 0 radical (unpaired) electrons. The van der Waals surface area contributed by atoms with Gasteiger partial charge in [-0.1, -0.05) is 12.2 Å². The highest BCUT2D eigenvalue weighted by molar-refractivity contribution is 7.80. The van der Waals surface area contributed by atoms with Crippen molar-refractivity contribution in [3.05, 3.63) is 22.9 Å². The fourth-order valence-corrected chi connectivity index (χ4v) is 2.59. The Morgan fingerprint density at radius 3 is 2.95 bits per heavy atom. The standard InChI is InChI=1S/C13H18N4OS/c1-8-6-9(2)16-13(11(8)12(14)19)17-5-3-4-15-10(18)7-17/h6H,3-5,7H2,1-2H3,(H2,14,19)(H,15,18). The van der Waals surface area contributed by atoms with Gasteiger partial charge in [0.05, 0.1) is 12.1 Å². The zero-order valence-corrected chi connectivity index (χ0v) is 12.0. The summed E-state index contributed by atoms with van der Waals surface area (Å²) in [5.74, 6) is 0.731. The van der Waals surface area contributed by atoms with Gasteiger partial charge in [-0.2, -0.15) is 0 Å². The number of carbonyl (C=O) groups is 1. The first-order valence-corrected chi connectivity index (χ1v) is 6.69. The number of hydrogen-bond acceptors (Lipinski definition) is 4. The maximum Gasteiger partial charge on any atom is 0.239 e. The van der Waals surface area contributed by atoms with Gasteiger partial charge >= 0.3 is 0 Å². The molecule has 0 aromatic carbocycles. The highest BCUT2D eigenvalue weighted by atomic mass is 32.1. The lowest BCUT2D eigenvalue weighted by Gasteiger charge is -2.24. The average Bonchev–Trinajstić information content (AvgIpc) is 2.52. The lowest BCUT2D eigenvalue weighted by atomic mass is 10.1. The van der Waals surface area contributed by atoms with E-state index in [1.807, 2.05) is 24.8 Å². The summed E-state index contributed by atoms with van der Waals surface area (Å²) >= 11 is 5.12. The predicted octanol–water partition coefficient (Wildman–Crippen LogP) is 0.659. The molecule has 1 saturated heterocycles. The van der Waals surface area contributed by atoms with Crippen molar-refractivity contribution in [2.45, 2.75) is 20.3 Å². The molecule has 1 aromatic heterocycles. The largest absolute Gasteiger partial charge is 0.389 e. The van der Waals surface area contributed by atoms with Crippen molar-refractivity contribution >= 4 is 28.9 Å². The molecule has 1 aromatic rings. The number of aryl methyl sites for hydroxylation is 2. The quantitative estimate of drug-likeness (QED) is 0.778. The topological polar surface area (TPSA) is 71.2 Å². The van der Waals surface area contributed by atoms with E-state index in [1.165, 1.54) is 0 Å². The van der Waals surface area contributed by atoms with E-state index in [0.29, 0.717) is 18.1 Å². The summed E-state index contributed by atoms with van der Waals surface area (Å²) in [7, 11) is 0. The van der Waals surface area contributed by atoms with E-state index in [1.54, 1.807) is 0 Å². The smallest absolute Gasteiger partial charge is 0.239 e. The summed E-state index contributed by atoms with van der Waals surface area (Å²) in [4.78, 5) is 18.5. The number of aromatic nitrogens is 1. The molecule has 19 heavy (non-hydrogen) atoms. The van der Waals surface area contributed by atoms with Gasteiger partial charge in [-0.15, -0.1) is 0 Å². The zero-order chi connectivity index (χ0) is 14.0. The summed E-state index contributed by atoms with van der Waals surface area (Å²) in [5.41, 5.74) is 8.48. The summed E-state index contributed by atoms with van der Waals surface area (Å²) in [6.45, 7) is 5.65. The van der Waals surface area contributed by atoms with Gasteiger partial charge in [0, 0.05) is 18.8 Å². The number of carbonyl (C=O) groups excluding carboxylic acids is 1. The number of rotatable bonds is 2. The minimum atomic E-state index is 0.00680. The van der Waals surface area contributed by atoms with Crippen LogP contribution in [0.2, 0.25) is 0 Å². The van der Waals surface area contributed by atoms with E-state index in [2.05, 4.69) is 10.3 Å². The van der Waals surface area contributed by atoms with Crippen LogP contribution in [0, 0.1) is 13.8 Å². The molecule has 1 fully saturated rings. The first kappa shape index (κ1) is 13.7. The van der Waals surface area contributed by atoms with Gasteiger partial charge in [0.1, 0.15) is 10.8 Å². The van der Waals surface area contributed by atoms with Crippen molar-refractivity contribution in [3.8, 4) is 0 Å². The minimum absolute atomic E-state index is 0.00680. The SMILES string of the molecule is Cc1cc(C)c(C(N)=S)c(N2CCCNC(=O)C2)n1. The van der Waals surface area contributed by atoms with Crippen molar-refractivity contribution in [3.63, 3.8) is 0 Å². The molecule has 3 N–H and O–H groups in total. The second kappa shape index (κ2) is 5.52. The summed E-state index contributed by atoms with van der Waals surface area (Å²) < 4.78 is 0. The van der Waals surface area contributed by atoms with Crippen LogP contribution >= 0.6 is 12.2 Å². The number of nitrogens with zero attached hydrogens (tertiary/aromatic N) is 2. The van der Waals surface area contributed by atoms with Crippen molar-refractivity contribution < 1.29 is 4.79 Å². The Morgan fingerprint density at radius 1 is 1.53 bits per heavy atom. The molecular weight excluding hydrogens is 260 g/mol. The van der Waals surface area contributed by atoms with Crippen molar-refractivity contribution in [2.24, 2.45) is 5.73 Å². The van der Waals surface area contributed by atoms with E-state index in [9.17, 15) is 4.79 Å². The number of nitrogens with two attached hydrogens (primary N) is 1. The Kier molecular flexibility index (Phi) is 3.99. The molecule has 6 heteroatoms. The van der Waals surface area contributed by atoms with Crippen LogP contribution in [0.25, 0.3) is 0 Å². The van der Waals surface area contributed by atoms with Gasteiger partial charge in [-0.05, 0) is 31.9 Å². The number of hydrogen-bond donors (Lipinski definition) is 2. The lowest BCUT2D eigenvalue weighted by molar-refractivity contribution is -0.119. The fourth-order valence-electron chi connectivity index (χ4n) is 2.34. The monoisotopic (exact) mass is 278 g/mol. The van der Waals surface area contributed by atoms with E-state index in [0.717, 1.165) is 35.6 Å². The van der Waals surface area contributed by atoms with Gasteiger partial charge in [-0.25, -0.2) is 4.98 Å². The third-order valence-corrected chi connectivity index (χ3v) is 3.34. The second-order valence-electron chi connectivity index (χ2n) is 4.77. The second-order valence-corrected chi connectivity index (χ2v) is 5.21. The number of pyridine rings is 1. The first-order valence-electron chi connectivity index (χ1n) is 6.28. The summed E-state index contributed by atoms with van der Waals surface area (Å²) in [5, 5.41) is 2.85. The highest BCUT2D eigenvalue weighted by Crippen LogP contribution is 2.23. The Labute approximate surface area is 118 Å². The van der Waals surface area contributed by atoms with Crippen molar-refractivity contribution in [2.75, 3.05) is 24.5 Å². The molecule has 0 atom stereocenters. The lowest BCUT2D eigenvalue weighted by Crippen LogP contribution is -2.35. The molecule has 102 valence electrons. The Bertz CT molecular complexity index is 530. The fraction of sp³-hybridized carbons (Fsp3) is 0.462. The Morgan fingerprint density at radius 2 is 2.26 bits per heavy atom. The van der Waals surface area contributed by atoms with Crippen LogP contribution < -0.4 is 16.0 Å². The van der Waals surface area contributed by atoms with Crippen LogP contribution in [0.4, 0.5) is 5.82 Å². The molecule has 0 bridgehead atoms. The van der Waals surface area contributed by atoms with E-state index in [4.69, 9.17) is 18.0 Å². The van der Waals surface area contributed by atoms with Crippen LogP contribution in [0.3, 0.4) is 0 Å². The number of amides is 1. The van der Waals surface area contributed by atoms with Crippen LogP contribution in [-0.4, -0.2) is 35.5 Å². The predicted molar refractivity (Wildman–Crippen MR) is 79.4 cm³/mol. The molecule has 1 amide bonds. The van der Waals surface area contributed by atoms with Gasteiger partial charge in [0.15, 0.2) is 0 Å². The Hall–Kier alpha value is -1.69. The normalized spacial score (nSPS) is 15.9. The van der Waals surface area contributed by atoms with E-state index in [-0.39, 0.29) is 5.91 Å². The maximum absolute atomic E-state index is 11.7. The third kappa shape index (κ3) is 3.01. The molecular formula is C13H18N4OS. The minimum Gasteiger partial charge on any atom is -0.389 e. The Balaban J connectivity index is 2.47. The van der Waals surface area contributed by atoms with Gasteiger partial charge in [0.2, 0.25) is 5.91 Å². The molecule has 0 saturated carbocycles. The summed E-state index contributed by atoms with van der Waals surface area (Å²) in [6, 6.07) is 1.95. The number of nitrogens with one attached hydrogen (secondary N) is 1. The summed E-state index contributed by atoms with van der Waals surface area (Å²) in [6.07, 6.45) is 0.886. The molecule has 2 rings (SSSR count). The van der Waals surface area contributed by atoms with Gasteiger partial charge in [-0.3, -0.25) is 4.79 Å². The molecule has 5 nitrogen and oxygen atoms in total. The molecule has 1 aliphatic heterocycles. The number of thiocarbonyl (C=S) groups is 1. The molecule has 1 aliphatic rings. The van der Waals surface area contributed by atoms with Crippen molar-refractivity contribution in [1.29, 1.82) is 0 Å². The number of anilines is 1. The maximum atomic E-state index is 11.7. The van der Waals surface area contributed by atoms with Crippen LogP contribution in [0.1, 0.15) is 23.2 Å². The van der Waals surface area contributed by atoms with Crippen LogP contribution in [0.15, 0.2) is 6.07 Å². The highest BCUT2D eigenvalue weighted by Gasteiger charge is 2.21. The van der Waals surface area contributed by atoms with Gasteiger partial charge < -0.3 is 16.0 Å². The van der Waals surface area contributed by atoms with E-state index >= 15 is 0 Å². The van der Waals surface area contributed by atoms with Crippen LogP contribution in [0.5, 0.6) is 0 Å². The molecule has 0 spiro atoms. The van der Waals surface area contributed by atoms with Gasteiger partial charge in [0.25, 0.3) is 0 Å². The molecule has 2 heterocycles. The average molecular weight is 278 g/mol.